The van der Waals surface area contributed by atoms with Gasteiger partial charge in [-0.2, -0.15) is 0 Å². The van der Waals surface area contributed by atoms with Crippen LogP contribution in [0.2, 0.25) is 0 Å². The Kier molecular flexibility index (Phi) is 9.53. The summed E-state index contributed by atoms with van der Waals surface area (Å²) in [6, 6.07) is 10.4. The molecule has 0 fully saturated rings. The molecule has 0 atom stereocenters. The predicted octanol–water partition coefficient (Wildman–Crippen LogP) is 0.515. The summed E-state index contributed by atoms with van der Waals surface area (Å²) in [5, 5.41) is 7.75. The molecule has 0 aliphatic carbocycles. The summed E-state index contributed by atoms with van der Waals surface area (Å²) in [5.74, 6) is 0. The van der Waals surface area contributed by atoms with Crippen LogP contribution in [-0.4, -0.2) is 24.8 Å². The lowest BCUT2D eigenvalue weighted by molar-refractivity contribution is 0.306. The Bertz CT molecular complexity index is 200. The van der Waals surface area contributed by atoms with Crippen LogP contribution in [0.5, 0.6) is 0 Å². The van der Waals surface area contributed by atoms with Crippen molar-refractivity contribution in [3.05, 3.63) is 35.9 Å². The van der Waals surface area contributed by atoms with Gasteiger partial charge in [-0.25, -0.2) is 0 Å². The fourth-order valence-electron chi connectivity index (χ4n) is 0.951. The van der Waals surface area contributed by atoms with Crippen molar-refractivity contribution in [2.24, 2.45) is 11.5 Å². The van der Waals surface area contributed by atoms with Gasteiger partial charge in [-0.1, -0.05) is 30.3 Å². The number of hydrogen-bond acceptors (Lipinski definition) is 3. The van der Waals surface area contributed by atoms with Gasteiger partial charge in [0, 0.05) is 6.54 Å². The van der Waals surface area contributed by atoms with Crippen LogP contribution in [0.4, 0.5) is 0 Å². The first-order valence-electron chi connectivity index (χ1n) is 4.90. The summed E-state index contributed by atoms with van der Waals surface area (Å²) < 4.78 is 0. The van der Waals surface area contributed by atoms with E-state index in [0.717, 1.165) is 19.4 Å². The fourth-order valence-corrected chi connectivity index (χ4v) is 0.951. The van der Waals surface area contributed by atoms with Crippen molar-refractivity contribution < 1.29 is 5.11 Å². The van der Waals surface area contributed by atoms with Crippen molar-refractivity contribution in [3.63, 3.8) is 0 Å². The molecule has 14 heavy (non-hydrogen) atoms. The molecule has 0 spiro atoms. The van der Waals surface area contributed by atoms with Crippen LogP contribution < -0.4 is 11.5 Å². The lowest BCUT2D eigenvalue weighted by Crippen LogP contribution is -2.02. The largest absolute Gasteiger partial charge is 0.395 e. The van der Waals surface area contributed by atoms with Crippen molar-refractivity contribution in [1.29, 1.82) is 0 Å². The molecule has 0 radical (unpaired) electrons. The van der Waals surface area contributed by atoms with E-state index in [0.29, 0.717) is 6.54 Å². The van der Waals surface area contributed by atoms with Gasteiger partial charge in [0.05, 0.1) is 6.61 Å². The maximum absolute atomic E-state index is 7.75. The van der Waals surface area contributed by atoms with E-state index >= 15 is 0 Å². The molecule has 3 nitrogen and oxygen atoms in total. The molecule has 0 unspecified atom stereocenters. The standard InChI is InChI=1S/C9H13N.C2H7NO/c10-8-4-7-9-5-2-1-3-6-9;3-1-2-4/h1-3,5-6H,4,7-8,10H2;4H,1-3H2. The fraction of sp³-hybridized carbons (Fsp3) is 0.455. The van der Waals surface area contributed by atoms with Crippen LogP contribution in [0.3, 0.4) is 0 Å². The lowest BCUT2D eigenvalue weighted by Gasteiger charge is -1.96. The highest BCUT2D eigenvalue weighted by molar-refractivity contribution is 5.14. The number of aliphatic hydroxyl groups excluding tert-OH is 1. The minimum atomic E-state index is 0.0972. The SMILES string of the molecule is NCCCc1ccccc1.NCCO. The molecule has 80 valence electrons. The summed E-state index contributed by atoms with van der Waals surface area (Å²) in [5.41, 5.74) is 11.5. The van der Waals surface area contributed by atoms with E-state index in [1.54, 1.807) is 0 Å². The van der Waals surface area contributed by atoms with Crippen LogP contribution in [0.25, 0.3) is 0 Å². The van der Waals surface area contributed by atoms with Crippen LogP contribution in [0, 0.1) is 0 Å². The van der Waals surface area contributed by atoms with Crippen LogP contribution >= 0.6 is 0 Å². The molecule has 1 aromatic rings. The minimum absolute atomic E-state index is 0.0972. The number of aryl methyl sites for hydroxylation is 1. The highest BCUT2D eigenvalue weighted by Gasteiger charge is 1.87. The maximum Gasteiger partial charge on any atom is 0.0553 e. The van der Waals surface area contributed by atoms with E-state index in [9.17, 15) is 0 Å². The number of rotatable bonds is 4. The summed E-state index contributed by atoms with van der Waals surface area (Å²) in [6.45, 7) is 1.26. The third-order valence-electron chi connectivity index (χ3n) is 1.64. The van der Waals surface area contributed by atoms with Crippen molar-refractivity contribution >= 4 is 0 Å². The van der Waals surface area contributed by atoms with E-state index in [2.05, 4.69) is 24.3 Å². The van der Waals surface area contributed by atoms with E-state index in [1.807, 2.05) is 6.07 Å². The van der Waals surface area contributed by atoms with Crippen LogP contribution in [0.15, 0.2) is 30.3 Å². The summed E-state index contributed by atoms with van der Waals surface area (Å²) in [4.78, 5) is 0. The molecule has 5 N–H and O–H groups in total. The molecule has 0 saturated heterocycles. The van der Waals surface area contributed by atoms with Gasteiger partial charge in [0.1, 0.15) is 0 Å². The second-order valence-electron chi connectivity index (χ2n) is 2.89. The molecule has 0 heterocycles. The average Bonchev–Trinajstić information content (AvgIpc) is 2.28. The normalized spacial score (nSPS) is 9.07. The Morgan fingerprint density at radius 1 is 1.00 bits per heavy atom. The Balaban J connectivity index is 0.000000364. The first-order chi connectivity index (χ1) is 6.85. The highest BCUT2D eigenvalue weighted by Crippen LogP contribution is 2.00. The topological polar surface area (TPSA) is 72.3 Å². The van der Waals surface area contributed by atoms with Crippen molar-refractivity contribution in [2.75, 3.05) is 19.7 Å². The van der Waals surface area contributed by atoms with Gasteiger partial charge >= 0.3 is 0 Å². The minimum Gasteiger partial charge on any atom is -0.395 e. The average molecular weight is 196 g/mol. The van der Waals surface area contributed by atoms with Gasteiger partial charge < -0.3 is 16.6 Å². The first-order valence-corrected chi connectivity index (χ1v) is 4.90. The molecule has 0 amide bonds. The molecule has 0 aliphatic heterocycles. The Hall–Kier alpha value is -0.900. The maximum atomic E-state index is 7.75. The molecule has 0 aliphatic rings. The zero-order valence-corrected chi connectivity index (χ0v) is 8.52. The van der Waals surface area contributed by atoms with Crippen molar-refractivity contribution in [1.82, 2.24) is 0 Å². The first kappa shape index (κ1) is 13.1. The third kappa shape index (κ3) is 7.73. The van der Waals surface area contributed by atoms with Gasteiger partial charge in [-0.05, 0) is 24.9 Å². The van der Waals surface area contributed by atoms with Gasteiger partial charge in [-0.3, -0.25) is 0 Å². The smallest absolute Gasteiger partial charge is 0.0553 e. The number of benzene rings is 1. The van der Waals surface area contributed by atoms with Crippen molar-refractivity contribution in [2.45, 2.75) is 12.8 Å². The van der Waals surface area contributed by atoms with E-state index in [-0.39, 0.29) is 6.61 Å². The Labute approximate surface area is 85.7 Å². The second kappa shape index (κ2) is 10.2. The Morgan fingerprint density at radius 2 is 1.57 bits per heavy atom. The molecule has 0 saturated carbocycles. The highest BCUT2D eigenvalue weighted by atomic mass is 16.3. The summed E-state index contributed by atoms with van der Waals surface area (Å²) in [6.07, 6.45) is 2.20. The predicted molar refractivity (Wildman–Crippen MR) is 60.0 cm³/mol. The summed E-state index contributed by atoms with van der Waals surface area (Å²) in [7, 11) is 0. The van der Waals surface area contributed by atoms with Gasteiger partial charge in [0.2, 0.25) is 0 Å². The molecular weight excluding hydrogens is 176 g/mol. The number of aliphatic hydroxyl groups is 1. The van der Waals surface area contributed by atoms with Crippen LogP contribution in [-0.2, 0) is 6.42 Å². The van der Waals surface area contributed by atoms with Crippen molar-refractivity contribution in [3.8, 4) is 0 Å². The third-order valence-corrected chi connectivity index (χ3v) is 1.64. The zero-order chi connectivity index (χ0) is 10.6. The molecule has 1 rings (SSSR count). The molecular formula is C11H20N2O. The molecule has 3 heteroatoms. The van der Waals surface area contributed by atoms with E-state index in [1.165, 1.54) is 5.56 Å². The zero-order valence-electron chi connectivity index (χ0n) is 8.52. The van der Waals surface area contributed by atoms with Crippen LogP contribution in [0.1, 0.15) is 12.0 Å². The second-order valence-corrected chi connectivity index (χ2v) is 2.89. The number of hydrogen-bond donors (Lipinski definition) is 3. The molecule has 0 bridgehead atoms. The quantitative estimate of drug-likeness (QED) is 0.657. The monoisotopic (exact) mass is 196 g/mol. The lowest BCUT2D eigenvalue weighted by atomic mass is 10.1. The van der Waals surface area contributed by atoms with Gasteiger partial charge in [0.15, 0.2) is 0 Å². The van der Waals surface area contributed by atoms with E-state index in [4.69, 9.17) is 16.6 Å². The molecule has 0 aromatic heterocycles. The summed E-state index contributed by atoms with van der Waals surface area (Å²) >= 11 is 0. The van der Waals surface area contributed by atoms with Gasteiger partial charge in [0.25, 0.3) is 0 Å². The van der Waals surface area contributed by atoms with Gasteiger partial charge in [-0.15, -0.1) is 0 Å². The Morgan fingerprint density at radius 3 is 2.00 bits per heavy atom. The molecule has 1 aromatic carbocycles. The number of nitrogens with two attached hydrogens (primary N) is 2. The van der Waals surface area contributed by atoms with E-state index < -0.39 is 0 Å².